The summed E-state index contributed by atoms with van der Waals surface area (Å²) >= 11 is 0. The highest BCUT2D eigenvalue weighted by Gasteiger charge is 2.05. The number of rotatable bonds is 1. The van der Waals surface area contributed by atoms with Crippen LogP contribution in [0.15, 0.2) is 0 Å². The van der Waals surface area contributed by atoms with Crippen LogP contribution in [0.5, 0.6) is 0 Å². The zero-order chi connectivity index (χ0) is 11.5. The van der Waals surface area contributed by atoms with E-state index in [1.807, 2.05) is 0 Å². The van der Waals surface area contributed by atoms with Crippen molar-refractivity contribution in [1.29, 1.82) is 0 Å². The van der Waals surface area contributed by atoms with Gasteiger partial charge in [0, 0.05) is 25.7 Å². The second-order valence-electron chi connectivity index (χ2n) is 4.24. The van der Waals surface area contributed by atoms with Gasteiger partial charge in [0.15, 0.2) is 0 Å². The molecule has 1 fully saturated rings. The van der Waals surface area contributed by atoms with Crippen molar-refractivity contribution in [2.45, 2.75) is 18.9 Å². The summed E-state index contributed by atoms with van der Waals surface area (Å²) in [4.78, 5) is 0. The van der Waals surface area contributed by atoms with Gasteiger partial charge >= 0.3 is 0 Å². The summed E-state index contributed by atoms with van der Waals surface area (Å²) in [6.45, 7) is 7.23. The highest BCUT2D eigenvalue weighted by atomic mass is 16.3. The van der Waals surface area contributed by atoms with Crippen molar-refractivity contribution in [3.8, 4) is 0 Å². The Morgan fingerprint density at radius 2 is 1.44 bits per heavy atom. The smallest absolute Gasteiger partial charge is 0.0597 e. The molecule has 16 heavy (non-hydrogen) atoms. The van der Waals surface area contributed by atoms with Gasteiger partial charge in [0.1, 0.15) is 0 Å². The first-order valence-corrected chi connectivity index (χ1v) is 6.40. The number of aliphatic hydroxyl groups is 1. The normalized spacial score (nSPS) is 27.2. The summed E-state index contributed by atoms with van der Waals surface area (Å²) in [5.41, 5.74) is 0. The van der Waals surface area contributed by atoms with Crippen LogP contribution in [0.1, 0.15) is 12.8 Å². The van der Waals surface area contributed by atoms with E-state index >= 15 is 0 Å². The summed E-state index contributed by atoms with van der Waals surface area (Å²) in [5, 5.41) is 22.7. The Hall–Kier alpha value is -0.200. The van der Waals surface area contributed by atoms with Gasteiger partial charge in [0.25, 0.3) is 0 Å². The van der Waals surface area contributed by atoms with Crippen LogP contribution in [-0.2, 0) is 0 Å². The first-order valence-electron chi connectivity index (χ1n) is 6.40. The Kier molecular flexibility index (Phi) is 8.65. The first kappa shape index (κ1) is 13.9. The lowest BCUT2D eigenvalue weighted by atomic mass is 10.2. The Labute approximate surface area is 98.4 Å². The molecule has 96 valence electrons. The fourth-order valence-electron chi connectivity index (χ4n) is 1.76. The predicted octanol–water partition coefficient (Wildman–Crippen LogP) is -1.50. The molecule has 0 aromatic heterocycles. The second-order valence-corrected chi connectivity index (χ2v) is 4.24. The fraction of sp³-hybridized carbons (Fsp3) is 1.00. The van der Waals surface area contributed by atoms with Crippen LogP contribution in [0.2, 0.25) is 0 Å². The summed E-state index contributed by atoms with van der Waals surface area (Å²) in [7, 11) is 0. The maximum atomic E-state index is 9.17. The first-order chi connectivity index (χ1) is 7.93. The Morgan fingerprint density at radius 1 is 0.812 bits per heavy atom. The minimum atomic E-state index is 0.191. The van der Waals surface area contributed by atoms with Crippen molar-refractivity contribution in [3.63, 3.8) is 0 Å². The predicted molar refractivity (Wildman–Crippen MR) is 66.7 cm³/mol. The van der Waals surface area contributed by atoms with E-state index in [2.05, 4.69) is 21.3 Å². The monoisotopic (exact) mass is 230 g/mol. The van der Waals surface area contributed by atoms with Gasteiger partial charge in [-0.3, -0.25) is 0 Å². The molecule has 0 aromatic rings. The highest BCUT2D eigenvalue weighted by Crippen LogP contribution is 1.84. The maximum Gasteiger partial charge on any atom is 0.0597 e. The van der Waals surface area contributed by atoms with E-state index in [9.17, 15) is 0 Å². The van der Waals surface area contributed by atoms with Crippen LogP contribution in [0.4, 0.5) is 0 Å². The van der Waals surface area contributed by atoms with E-state index in [0.29, 0.717) is 0 Å². The van der Waals surface area contributed by atoms with Crippen molar-refractivity contribution < 1.29 is 5.11 Å². The van der Waals surface area contributed by atoms with Crippen molar-refractivity contribution in [2.75, 3.05) is 52.4 Å². The van der Waals surface area contributed by atoms with Gasteiger partial charge in [-0.1, -0.05) is 0 Å². The number of hydrogen-bond acceptors (Lipinski definition) is 5. The highest BCUT2D eigenvalue weighted by molar-refractivity contribution is 4.69. The van der Waals surface area contributed by atoms with Gasteiger partial charge in [-0.2, -0.15) is 0 Å². The molecule has 5 nitrogen and oxygen atoms in total. The van der Waals surface area contributed by atoms with E-state index in [-0.39, 0.29) is 12.6 Å². The molecule has 0 amide bonds. The molecule has 5 heteroatoms. The average Bonchev–Trinajstić information content (AvgIpc) is 2.32. The van der Waals surface area contributed by atoms with Crippen molar-refractivity contribution in [3.05, 3.63) is 0 Å². The molecule has 0 bridgehead atoms. The van der Waals surface area contributed by atoms with E-state index in [1.165, 1.54) is 0 Å². The molecule has 0 radical (unpaired) electrons. The molecule has 1 saturated heterocycles. The van der Waals surface area contributed by atoms with Crippen molar-refractivity contribution in [1.82, 2.24) is 21.3 Å². The van der Waals surface area contributed by atoms with E-state index in [1.54, 1.807) is 0 Å². The number of hydrogen-bond donors (Lipinski definition) is 5. The quantitative estimate of drug-likeness (QED) is 0.379. The van der Waals surface area contributed by atoms with Gasteiger partial charge in [0.05, 0.1) is 6.61 Å². The standard InChI is InChI=1S/C11H26N4O/c16-10-11-9-14-5-1-3-12-7-8-13-4-2-6-15-11/h11-16H,1-10H2. The Bertz CT molecular complexity index is 143. The third kappa shape index (κ3) is 7.14. The molecule has 1 unspecified atom stereocenters. The van der Waals surface area contributed by atoms with Crippen molar-refractivity contribution in [2.24, 2.45) is 0 Å². The van der Waals surface area contributed by atoms with Crippen LogP contribution in [0.3, 0.4) is 0 Å². The summed E-state index contributed by atoms with van der Waals surface area (Å²) in [6, 6.07) is 0.191. The van der Waals surface area contributed by atoms with Crippen LogP contribution in [0, 0.1) is 0 Å². The van der Waals surface area contributed by atoms with Gasteiger partial charge in [-0.15, -0.1) is 0 Å². The summed E-state index contributed by atoms with van der Waals surface area (Å²) in [5.74, 6) is 0. The molecule has 1 aliphatic rings. The zero-order valence-corrected chi connectivity index (χ0v) is 10.1. The lowest BCUT2D eigenvalue weighted by Gasteiger charge is -2.18. The third-order valence-corrected chi connectivity index (χ3v) is 2.76. The average molecular weight is 230 g/mol. The van der Waals surface area contributed by atoms with Crippen LogP contribution in [-0.4, -0.2) is 63.6 Å². The SMILES string of the molecule is OCC1CNCCCNCCNCCCN1. The lowest BCUT2D eigenvalue weighted by Crippen LogP contribution is -2.43. The van der Waals surface area contributed by atoms with Gasteiger partial charge in [-0.25, -0.2) is 0 Å². The van der Waals surface area contributed by atoms with E-state index in [0.717, 1.165) is 58.7 Å². The molecule has 1 heterocycles. The molecule has 1 rings (SSSR count). The molecule has 5 N–H and O–H groups in total. The molecule has 1 aliphatic heterocycles. The topological polar surface area (TPSA) is 68.3 Å². The fourth-order valence-corrected chi connectivity index (χ4v) is 1.76. The van der Waals surface area contributed by atoms with Crippen LogP contribution >= 0.6 is 0 Å². The van der Waals surface area contributed by atoms with Crippen LogP contribution < -0.4 is 21.3 Å². The van der Waals surface area contributed by atoms with Gasteiger partial charge < -0.3 is 26.4 Å². The Morgan fingerprint density at radius 3 is 2.12 bits per heavy atom. The molecule has 1 atom stereocenters. The third-order valence-electron chi connectivity index (χ3n) is 2.76. The molecule has 0 saturated carbocycles. The molecule has 0 spiro atoms. The van der Waals surface area contributed by atoms with Gasteiger partial charge in [0.2, 0.25) is 0 Å². The van der Waals surface area contributed by atoms with Crippen LogP contribution in [0.25, 0.3) is 0 Å². The lowest BCUT2D eigenvalue weighted by molar-refractivity contribution is 0.238. The van der Waals surface area contributed by atoms with E-state index < -0.39 is 0 Å². The maximum absolute atomic E-state index is 9.17. The largest absolute Gasteiger partial charge is 0.395 e. The Balaban J connectivity index is 2.16. The zero-order valence-electron chi connectivity index (χ0n) is 10.1. The minimum Gasteiger partial charge on any atom is -0.395 e. The summed E-state index contributed by atoms with van der Waals surface area (Å²) in [6.07, 6.45) is 2.24. The second kappa shape index (κ2) is 9.99. The number of nitrogens with one attached hydrogen (secondary N) is 4. The number of aliphatic hydroxyl groups excluding tert-OH is 1. The molecule has 0 aromatic carbocycles. The minimum absolute atomic E-state index is 0.191. The summed E-state index contributed by atoms with van der Waals surface area (Å²) < 4.78 is 0. The molecule has 0 aliphatic carbocycles. The molecular formula is C11H26N4O. The van der Waals surface area contributed by atoms with Crippen molar-refractivity contribution >= 4 is 0 Å². The molecular weight excluding hydrogens is 204 g/mol. The van der Waals surface area contributed by atoms with E-state index in [4.69, 9.17) is 5.11 Å². The van der Waals surface area contributed by atoms with Gasteiger partial charge in [-0.05, 0) is 39.0 Å².